The quantitative estimate of drug-likeness (QED) is 0.928. The zero-order valence-corrected chi connectivity index (χ0v) is 11.0. The fourth-order valence-corrected chi connectivity index (χ4v) is 2.64. The SMILES string of the molecule is OC(Cc1nc(-c2ccc(F)cn2)no1)C1CCCC1. The van der Waals surface area contributed by atoms with Crippen LogP contribution in [0.5, 0.6) is 0 Å². The molecule has 20 heavy (non-hydrogen) atoms. The van der Waals surface area contributed by atoms with Crippen LogP contribution in [0.25, 0.3) is 11.5 Å². The molecule has 106 valence electrons. The fraction of sp³-hybridized carbons (Fsp3) is 0.500. The lowest BCUT2D eigenvalue weighted by Crippen LogP contribution is -2.20. The lowest BCUT2D eigenvalue weighted by atomic mass is 9.98. The monoisotopic (exact) mass is 277 g/mol. The zero-order chi connectivity index (χ0) is 13.9. The van der Waals surface area contributed by atoms with E-state index in [9.17, 15) is 9.50 Å². The predicted molar refractivity (Wildman–Crippen MR) is 69.2 cm³/mol. The number of aromatic nitrogens is 3. The van der Waals surface area contributed by atoms with Gasteiger partial charge in [0.1, 0.15) is 11.5 Å². The van der Waals surface area contributed by atoms with Crippen molar-refractivity contribution >= 4 is 0 Å². The summed E-state index contributed by atoms with van der Waals surface area (Å²) >= 11 is 0. The van der Waals surface area contributed by atoms with E-state index in [2.05, 4.69) is 15.1 Å². The van der Waals surface area contributed by atoms with E-state index in [1.54, 1.807) is 0 Å². The van der Waals surface area contributed by atoms with Gasteiger partial charge in [-0.25, -0.2) is 9.37 Å². The van der Waals surface area contributed by atoms with Crippen molar-refractivity contribution in [2.45, 2.75) is 38.2 Å². The van der Waals surface area contributed by atoms with E-state index in [0.29, 0.717) is 29.7 Å². The molecule has 1 aliphatic carbocycles. The largest absolute Gasteiger partial charge is 0.392 e. The molecule has 0 saturated heterocycles. The van der Waals surface area contributed by atoms with Crippen LogP contribution < -0.4 is 0 Å². The standard InChI is InChI=1S/C14H16FN3O2/c15-10-5-6-11(16-8-10)14-17-13(20-18-14)7-12(19)9-3-1-2-4-9/h5-6,8-9,12,19H,1-4,7H2. The summed E-state index contributed by atoms with van der Waals surface area (Å²) in [5, 5.41) is 13.9. The number of nitrogens with zero attached hydrogens (tertiary/aromatic N) is 3. The highest BCUT2D eigenvalue weighted by Gasteiger charge is 2.25. The van der Waals surface area contributed by atoms with Gasteiger partial charge in [0.05, 0.1) is 18.7 Å². The number of aliphatic hydroxyl groups excluding tert-OH is 1. The summed E-state index contributed by atoms with van der Waals surface area (Å²) in [6, 6.07) is 2.79. The molecule has 2 heterocycles. The Morgan fingerprint density at radius 1 is 1.35 bits per heavy atom. The number of pyridine rings is 1. The third-order valence-electron chi connectivity index (χ3n) is 3.75. The van der Waals surface area contributed by atoms with Gasteiger partial charge in [0.15, 0.2) is 0 Å². The molecule has 2 aromatic rings. The van der Waals surface area contributed by atoms with Crippen molar-refractivity contribution in [1.82, 2.24) is 15.1 Å². The van der Waals surface area contributed by atoms with E-state index >= 15 is 0 Å². The van der Waals surface area contributed by atoms with Gasteiger partial charge in [0.25, 0.3) is 0 Å². The third kappa shape index (κ3) is 2.85. The van der Waals surface area contributed by atoms with Crippen LogP contribution in [0, 0.1) is 11.7 Å². The molecule has 0 bridgehead atoms. The lowest BCUT2D eigenvalue weighted by Gasteiger charge is -2.14. The van der Waals surface area contributed by atoms with Gasteiger partial charge in [0.2, 0.25) is 11.7 Å². The second-order valence-electron chi connectivity index (χ2n) is 5.19. The van der Waals surface area contributed by atoms with Gasteiger partial charge in [-0.15, -0.1) is 0 Å². The van der Waals surface area contributed by atoms with Crippen molar-refractivity contribution in [2.75, 3.05) is 0 Å². The molecular weight excluding hydrogens is 261 g/mol. The number of hydrogen-bond acceptors (Lipinski definition) is 5. The molecule has 1 N–H and O–H groups in total. The Balaban J connectivity index is 1.68. The summed E-state index contributed by atoms with van der Waals surface area (Å²) in [5.74, 6) is 0.632. The van der Waals surface area contributed by atoms with Crippen LogP contribution in [-0.2, 0) is 6.42 Å². The Morgan fingerprint density at radius 3 is 2.85 bits per heavy atom. The van der Waals surface area contributed by atoms with Crippen LogP contribution >= 0.6 is 0 Å². The highest BCUT2D eigenvalue weighted by Crippen LogP contribution is 2.29. The van der Waals surface area contributed by atoms with Crippen molar-refractivity contribution in [3.8, 4) is 11.5 Å². The fourth-order valence-electron chi connectivity index (χ4n) is 2.64. The van der Waals surface area contributed by atoms with Crippen molar-refractivity contribution in [3.05, 3.63) is 30.0 Å². The first-order chi connectivity index (χ1) is 9.72. The van der Waals surface area contributed by atoms with Gasteiger partial charge >= 0.3 is 0 Å². The smallest absolute Gasteiger partial charge is 0.229 e. The molecule has 1 aliphatic rings. The molecule has 1 atom stereocenters. The van der Waals surface area contributed by atoms with Gasteiger partial charge < -0.3 is 9.63 Å². The maximum absolute atomic E-state index is 12.8. The molecule has 1 fully saturated rings. The third-order valence-corrected chi connectivity index (χ3v) is 3.75. The second-order valence-corrected chi connectivity index (χ2v) is 5.19. The Labute approximate surface area is 115 Å². The van der Waals surface area contributed by atoms with Crippen LogP contribution in [-0.4, -0.2) is 26.3 Å². The van der Waals surface area contributed by atoms with Crippen molar-refractivity contribution < 1.29 is 14.0 Å². The van der Waals surface area contributed by atoms with Gasteiger partial charge in [-0.05, 0) is 30.9 Å². The highest BCUT2D eigenvalue weighted by molar-refractivity contribution is 5.47. The molecule has 5 nitrogen and oxygen atoms in total. The van der Waals surface area contributed by atoms with Gasteiger partial charge in [-0.1, -0.05) is 18.0 Å². The molecule has 1 saturated carbocycles. The molecule has 6 heteroatoms. The molecule has 1 unspecified atom stereocenters. The average molecular weight is 277 g/mol. The first kappa shape index (κ1) is 13.2. The van der Waals surface area contributed by atoms with E-state index in [1.165, 1.54) is 25.0 Å². The Bertz CT molecular complexity index is 564. The minimum atomic E-state index is -0.438. The maximum Gasteiger partial charge on any atom is 0.229 e. The zero-order valence-electron chi connectivity index (χ0n) is 11.0. The van der Waals surface area contributed by atoms with Crippen molar-refractivity contribution in [3.63, 3.8) is 0 Å². The summed E-state index contributed by atoms with van der Waals surface area (Å²) in [5.41, 5.74) is 0.455. The molecule has 2 aromatic heterocycles. The van der Waals surface area contributed by atoms with E-state index in [-0.39, 0.29) is 0 Å². The lowest BCUT2D eigenvalue weighted by molar-refractivity contribution is 0.102. The number of hydrogen-bond donors (Lipinski definition) is 1. The summed E-state index contributed by atoms with van der Waals surface area (Å²) in [6.07, 6.45) is 5.50. The number of aliphatic hydroxyl groups is 1. The minimum absolute atomic E-state index is 0.318. The van der Waals surface area contributed by atoms with E-state index in [1.807, 2.05) is 0 Å². The summed E-state index contributed by atoms with van der Waals surface area (Å²) < 4.78 is 17.9. The summed E-state index contributed by atoms with van der Waals surface area (Å²) in [6.45, 7) is 0. The highest BCUT2D eigenvalue weighted by atomic mass is 19.1. The minimum Gasteiger partial charge on any atom is -0.392 e. The molecule has 0 aliphatic heterocycles. The van der Waals surface area contributed by atoms with Gasteiger partial charge in [-0.3, -0.25) is 0 Å². The number of rotatable bonds is 4. The normalized spacial score (nSPS) is 17.5. The van der Waals surface area contributed by atoms with Gasteiger partial charge in [-0.2, -0.15) is 4.98 Å². The topological polar surface area (TPSA) is 72.0 Å². The van der Waals surface area contributed by atoms with E-state index in [0.717, 1.165) is 19.0 Å². The molecule has 0 aromatic carbocycles. The Morgan fingerprint density at radius 2 is 2.15 bits per heavy atom. The Kier molecular flexibility index (Phi) is 3.73. The predicted octanol–water partition coefficient (Wildman–Crippen LogP) is 2.36. The molecule has 3 rings (SSSR count). The first-order valence-corrected chi connectivity index (χ1v) is 6.85. The van der Waals surface area contributed by atoms with Crippen LogP contribution in [0.15, 0.2) is 22.9 Å². The molecule has 0 amide bonds. The summed E-state index contributed by atoms with van der Waals surface area (Å²) in [4.78, 5) is 8.09. The second kappa shape index (κ2) is 5.66. The Hall–Kier alpha value is -1.82. The van der Waals surface area contributed by atoms with Crippen molar-refractivity contribution in [1.29, 1.82) is 0 Å². The first-order valence-electron chi connectivity index (χ1n) is 6.85. The maximum atomic E-state index is 12.8. The molecular formula is C14H16FN3O2. The van der Waals surface area contributed by atoms with Crippen LogP contribution in [0.4, 0.5) is 4.39 Å². The van der Waals surface area contributed by atoms with Crippen LogP contribution in [0.1, 0.15) is 31.6 Å². The average Bonchev–Trinajstić information content (AvgIpc) is 3.10. The van der Waals surface area contributed by atoms with E-state index < -0.39 is 11.9 Å². The van der Waals surface area contributed by atoms with Crippen molar-refractivity contribution in [2.24, 2.45) is 5.92 Å². The van der Waals surface area contributed by atoms with Gasteiger partial charge in [0, 0.05) is 0 Å². The molecule has 0 radical (unpaired) electrons. The van der Waals surface area contributed by atoms with Crippen LogP contribution in [0.3, 0.4) is 0 Å². The molecule has 0 spiro atoms. The van der Waals surface area contributed by atoms with Crippen LogP contribution in [0.2, 0.25) is 0 Å². The number of halogens is 1. The summed E-state index contributed by atoms with van der Waals surface area (Å²) in [7, 11) is 0. The van der Waals surface area contributed by atoms with E-state index in [4.69, 9.17) is 4.52 Å².